The summed E-state index contributed by atoms with van der Waals surface area (Å²) in [6.07, 6.45) is 4.36. The lowest BCUT2D eigenvalue weighted by molar-refractivity contribution is 0.0933. The monoisotopic (exact) mass is 217 g/mol. The number of imidazole rings is 1. The maximum atomic E-state index is 11.9. The first-order valence-electron chi connectivity index (χ1n) is 5.45. The molecule has 0 spiro atoms. The van der Waals surface area contributed by atoms with E-state index in [2.05, 4.69) is 10.3 Å². The van der Waals surface area contributed by atoms with E-state index in [0.29, 0.717) is 5.69 Å². The number of pyridine rings is 1. The summed E-state index contributed by atoms with van der Waals surface area (Å²) in [7, 11) is 0. The van der Waals surface area contributed by atoms with Crippen molar-refractivity contribution >= 4 is 11.6 Å². The predicted octanol–water partition coefficient (Wildman–Crippen LogP) is 1.86. The van der Waals surface area contributed by atoms with Crippen molar-refractivity contribution in [2.24, 2.45) is 0 Å². The number of carbonyl (C=O) groups is 1. The predicted molar refractivity (Wildman–Crippen MR) is 62.4 cm³/mol. The van der Waals surface area contributed by atoms with Gasteiger partial charge in [-0.25, -0.2) is 4.98 Å². The topological polar surface area (TPSA) is 46.4 Å². The number of amides is 1. The minimum atomic E-state index is -0.0759. The third-order valence-electron chi connectivity index (χ3n) is 2.64. The zero-order valence-electron chi connectivity index (χ0n) is 9.47. The van der Waals surface area contributed by atoms with E-state index in [9.17, 15) is 4.79 Å². The Morgan fingerprint density at radius 2 is 2.38 bits per heavy atom. The van der Waals surface area contributed by atoms with Gasteiger partial charge in [-0.2, -0.15) is 0 Å². The molecule has 0 aliphatic rings. The summed E-state index contributed by atoms with van der Waals surface area (Å²) in [5.41, 5.74) is 1.37. The standard InChI is InChI=1S/C12H15N3O/c1-3-9(2)14-12(16)10-8-13-11-6-4-5-7-15(10)11/h4-9H,3H2,1-2H3,(H,14,16). The zero-order chi connectivity index (χ0) is 11.5. The fourth-order valence-corrected chi connectivity index (χ4v) is 1.50. The largest absolute Gasteiger partial charge is 0.348 e. The van der Waals surface area contributed by atoms with Gasteiger partial charge in [0.05, 0.1) is 6.20 Å². The molecule has 2 aromatic rings. The Labute approximate surface area is 94.3 Å². The Hall–Kier alpha value is -1.84. The van der Waals surface area contributed by atoms with E-state index >= 15 is 0 Å². The van der Waals surface area contributed by atoms with Gasteiger partial charge < -0.3 is 5.32 Å². The molecule has 2 rings (SSSR count). The molecule has 1 amide bonds. The minimum absolute atomic E-state index is 0.0759. The van der Waals surface area contributed by atoms with Crippen molar-refractivity contribution in [3.63, 3.8) is 0 Å². The molecular weight excluding hydrogens is 202 g/mol. The highest BCUT2D eigenvalue weighted by Crippen LogP contribution is 2.06. The molecule has 0 fully saturated rings. The summed E-state index contributed by atoms with van der Waals surface area (Å²) in [4.78, 5) is 16.1. The van der Waals surface area contributed by atoms with Crippen molar-refractivity contribution in [1.29, 1.82) is 0 Å². The third kappa shape index (κ3) is 1.91. The van der Waals surface area contributed by atoms with Crippen molar-refractivity contribution in [3.05, 3.63) is 36.3 Å². The first kappa shape index (κ1) is 10.7. The number of fused-ring (bicyclic) bond motifs is 1. The minimum Gasteiger partial charge on any atom is -0.348 e. The highest BCUT2D eigenvalue weighted by Gasteiger charge is 2.12. The van der Waals surface area contributed by atoms with Crippen LogP contribution in [0, 0.1) is 0 Å². The van der Waals surface area contributed by atoms with Crippen molar-refractivity contribution in [2.45, 2.75) is 26.3 Å². The molecule has 0 saturated heterocycles. The number of hydrogen-bond acceptors (Lipinski definition) is 2. The lowest BCUT2D eigenvalue weighted by atomic mass is 10.2. The van der Waals surface area contributed by atoms with Gasteiger partial charge in [-0.15, -0.1) is 0 Å². The lowest BCUT2D eigenvalue weighted by Gasteiger charge is -2.10. The molecule has 0 radical (unpaired) electrons. The Morgan fingerprint density at radius 1 is 1.56 bits per heavy atom. The van der Waals surface area contributed by atoms with Crippen molar-refractivity contribution in [2.75, 3.05) is 0 Å². The van der Waals surface area contributed by atoms with Gasteiger partial charge in [0.15, 0.2) is 0 Å². The molecule has 1 N–H and O–H groups in total. The van der Waals surface area contributed by atoms with Crippen LogP contribution in [0.15, 0.2) is 30.6 Å². The molecular formula is C12H15N3O. The highest BCUT2D eigenvalue weighted by atomic mass is 16.2. The second kappa shape index (κ2) is 4.35. The molecule has 0 aliphatic carbocycles. The molecule has 2 aromatic heterocycles. The van der Waals surface area contributed by atoms with Crippen LogP contribution >= 0.6 is 0 Å². The van der Waals surface area contributed by atoms with E-state index in [1.165, 1.54) is 0 Å². The Kier molecular flexibility index (Phi) is 2.90. The van der Waals surface area contributed by atoms with Crippen molar-refractivity contribution < 1.29 is 4.79 Å². The van der Waals surface area contributed by atoms with Crippen LogP contribution in [0.2, 0.25) is 0 Å². The molecule has 0 bridgehead atoms. The molecule has 84 valence electrons. The van der Waals surface area contributed by atoms with Gasteiger partial charge >= 0.3 is 0 Å². The van der Waals surface area contributed by atoms with Crippen LogP contribution in [0.5, 0.6) is 0 Å². The van der Waals surface area contributed by atoms with Crippen LogP contribution in [0.1, 0.15) is 30.8 Å². The maximum absolute atomic E-state index is 11.9. The van der Waals surface area contributed by atoms with Gasteiger partial charge in [-0.05, 0) is 25.5 Å². The fourth-order valence-electron chi connectivity index (χ4n) is 1.50. The Bertz CT molecular complexity index is 504. The van der Waals surface area contributed by atoms with Gasteiger partial charge in [0.25, 0.3) is 5.91 Å². The summed E-state index contributed by atoms with van der Waals surface area (Å²) in [6, 6.07) is 5.84. The Morgan fingerprint density at radius 3 is 3.12 bits per heavy atom. The van der Waals surface area contributed by atoms with Gasteiger partial charge in [0.1, 0.15) is 11.3 Å². The van der Waals surface area contributed by atoms with E-state index in [0.717, 1.165) is 12.1 Å². The van der Waals surface area contributed by atoms with Crippen molar-refractivity contribution in [3.8, 4) is 0 Å². The number of nitrogens with one attached hydrogen (secondary N) is 1. The Balaban J connectivity index is 2.30. The van der Waals surface area contributed by atoms with Gasteiger partial charge in [-0.1, -0.05) is 13.0 Å². The van der Waals surface area contributed by atoms with E-state index in [1.807, 2.05) is 38.2 Å². The van der Waals surface area contributed by atoms with Crippen LogP contribution in [-0.4, -0.2) is 21.3 Å². The zero-order valence-corrected chi connectivity index (χ0v) is 9.47. The average Bonchev–Trinajstić information content (AvgIpc) is 2.72. The molecule has 16 heavy (non-hydrogen) atoms. The van der Waals surface area contributed by atoms with E-state index < -0.39 is 0 Å². The lowest BCUT2D eigenvalue weighted by Crippen LogP contribution is -2.32. The fraction of sp³-hybridized carbons (Fsp3) is 0.333. The SMILES string of the molecule is CCC(C)NC(=O)c1cnc2ccccn12. The molecule has 0 aliphatic heterocycles. The second-order valence-corrected chi connectivity index (χ2v) is 3.86. The number of aromatic nitrogens is 2. The van der Waals surface area contributed by atoms with Crippen LogP contribution < -0.4 is 5.32 Å². The maximum Gasteiger partial charge on any atom is 0.270 e. The number of rotatable bonds is 3. The normalized spacial score (nSPS) is 12.6. The number of hydrogen-bond donors (Lipinski definition) is 1. The molecule has 1 unspecified atom stereocenters. The summed E-state index contributed by atoms with van der Waals surface area (Å²) in [6.45, 7) is 4.03. The summed E-state index contributed by atoms with van der Waals surface area (Å²) >= 11 is 0. The van der Waals surface area contributed by atoms with E-state index in [1.54, 1.807) is 10.6 Å². The molecule has 0 aromatic carbocycles. The molecule has 4 heteroatoms. The molecule has 0 saturated carbocycles. The molecule has 2 heterocycles. The number of nitrogens with zero attached hydrogens (tertiary/aromatic N) is 2. The van der Waals surface area contributed by atoms with Crippen LogP contribution in [0.4, 0.5) is 0 Å². The van der Waals surface area contributed by atoms with Gasteiger partial charge in [-0.3, -0.25) is 9.20 Å². The molecule has 1 atom stereocenters. The quantitative estimate of drug-likeness (QED) is 0.853. The summed E-state index contributed by atoms with van der Waals surface area (Å²) in [5, 5.41) is 2.92. The van der Waals surface area contributed by atoms with Crippen LogP contribution in [0.25, 0.3) is 5.65 Å². The van der Waals surface area contributed by atoms with Crippen LogP contribution in [-0.2, 0) is 0 Å². The first-order chi connectivity index (χ1) is 7.72. The summed E-state index contributed by atoms with van der Waals surface area (Å²) < 4.78 is 1.79. The highest BCUT2D eigenvalue weighted by molar-refractivity contribution is 5.93. The average molecular weight is 217 g/mol. The summed E-state index contributed by atoms with van der Waals surface area (Å²) in [5.74, 6) is -0.0759. The van der Waals surface area contributed by atoms with E-state index in [-0.39, 0.29) is 11.9 Å². The third-order valence-corrected chi connectivity index (χ3v) is 2.64. The van der Waals surface area contributed by atoms with Crippen molar-refractivity contribution in [1.82, 2.24) is 14.7 Å². The van der Waals surface area contributed by atoms with Gasteiger partial charge in [0.2, 0.25) is 0 Å². The smallest absolute Gasteiger partial charge is 0.270 e. The first-order valence-corrected chi connectivity index (χ1v) is 5.45. The number of carbonyl (C=O) groups excluding carboxylic acids is 1. The van der Waals surface area contributed by atoms with Crippen LogP contribution in [0.3, 0.4) is 0 Å². The van der Waals surface area contributed by atoms with E-state index in [4.69, 9.17) is 0 Å². The van der Waals surface area contributed by atoms with Gasteiger partial charge in [0, 0.05) is 12.2 Å². The molecule has 4 nitrogen and oxygen atoms in total. The second-order valence-electron chi connectivity index (χ2n) is 3.86.